The van der Waals surface area contributed by atoms with Crippen molar-refractivity contribution in [3.05, 3.63) is 0 Å². The number of nitrogens with one attached hydrogen (secondary N) is 3. The van der Waals surface area contributed by atoms with Crippen molar-refractivity contribution in [3.63, 3.8) is 0 Å². The first-order valence-corrected chi connectivity index (χ1v) is 9.26. The summed E-state index contributed by atoms with van der Waals surface area (Å²) in [6, 6.07) is 0. The van der Waals surface area contributed by atoms with Gasteiger partial charge in [0.1, 0.15) is 0 Å². The highest BCUT2D eigenvalue weighted by Gasteiger charge is 1.88. The first-order chi connectivity index (χ1) is 12.1. The molecule has 0 heterocycles. The van der Waals surface area contributed by atoms with Gasteiger partial charge < -0.3 is 22.0 Å². The summed E-state index contributed by atoms with van der Waals surface area (Å²) in [7, 11) is 3.19. The van der Waals surface area contributed by atoms with Crippen LogP contribution in [0.5, 0.6) is 0 Å². The van der Waals surface area contributed by atoms with Gasteiger partial charge >= 0.3 is 0 Å². The predicted molar refractivity (Wildman–Crippen MR) is 124 cm³/mol. The zero-order chi connectivity index (χ0) is 23.3. The van der Waals surface area contributed by atoms with Crippen molar-refractivity contribution in [2.45, 2.75) is 89.5 Å². The van der Waals surface area contributed by atoms with Gasteiger partial charge in [-0.1, -0.05) is 48.5 Å². The van der Waals surface area contributed by atoms with E-state index in [1.54, 1.807) is 20.9 Å². The van der Waals surface area contributed by atoms with Crippen molar-refractivity contribution in [1.29, 1.82) is 16.2 Å². The summed E-state index contributed by atoms with van der Waals surface area (Å²) in [5, 5.41) is 20.3. The van der Waals surface area contributed by atoms with E-state index in [2.05, 4.69) is 10.7 Å². The number of hydrogen-bond acceptors (Lipinski definition) is 6. The quantitative estimate of drug-likeness (QED) is 0.463. The zero-order valence-corrected chi connectivity index (χ0v) is 20.1. The average molecular weight is 376 g/mol. The van der Waals surface area contributed by atoms with Crippen molar-refractivity contribution in [2.24, 2.45) is 10.7 Å². The number of nitrogens with two attached hydrogens (primary N) is 1. The van der Waals surface area contributed by atoms with E-state index in [4.69, 9.17) is 16.2 Å². The Kier molecular flexibility index (Phi) is 83.9. The molecule has 0 saturated carbocycles. The molecule has 0 aliphatic rings. The Hall–Kier alpha value is -1.69. The summed E-state index contributed by atoms with van der Waals surface area (Å²) in [6.45, 7) is 22.2. The average Bonchev–Trinajstić information content (AvgIpc) is 2.68. The van der Waals surface area contributed by atoms with Gasteiger partial charge in [0.05, 0.1) is 11.4 Å². The van der Waals surface area contributed by atoms with Gasteiger partial charge in [-0.2, -0.15) is 0 Å². The number of hydrogen-bond donors (Lipinski definition) is 4. The number of carbonyl (C=O) groups excluding carboxylic acids is 1. The molecule has 6 nitrogen and oxygen atoms in total. The lowest BCUT2D eigenvalue weighted by Crippen LogP contribution is -2.01. The Morgan fingerprint density at radius 3 is 0.962 bits per heavy atom. The fourth-order valence-electron chi connectivity index (χ4n) is 0.168. The number of Topliss-reactive ketones (excluding diaryl/α,β-unsaturated/α-hetero) is 1. The summed E-state index contributed by atoms with van der Waals surface area (Å²) in [6.07, 6.45) is 0.889. The van der Waals surface area contributed by atoms with Crippen molar-refractivity contribution >= 4 is 28.6 Å². The van der Waals surface area contributed by atoms with Gasteiger partial charge in [-0.25, -0.2) is 0 Å². The van der Waals surface area contributed by atoms with Gasteiger partial charge in [0.15, 0.2) is 5.78 Å². The van der Waals surface area contributed by atoms with Crippen molar-refractivity contribution < 1.29 is 4.79 Å². The first kappa shape index (κ1) is 44.1. The fraction of sp³-hybridized carbons (Fsp3) is 0.750. The molecule has 160 valence electrons. The van der Waals surface area contributed by atoms with Crippen molar-refractivity contribution in [3.8, 4) is 0 Å². The smallest absolute Gasteiger partial charge is 0.172 e. The Morgan fingerprint density at radius 2 is 0.962 bits per heavy atom. The molecule has 0 radical (unpaired) electrons. The molecule has 0 unspecified atom stereocenters. The maximum Gasteiger partial charge on any atom is 0.172 e. The summed E-state index contributed by atoms with van der Waals surface area (Å²) in [5.74, 6) is -0.157. The molecular formula is C20H49N5O. The van der Waals surface area contributed by atoms with Crippen molar-refractivity contribution in [1.82, 2.24) is 0 Å². The molecule has 5 N–H and O–H groups in total. The highest BCUT2D eigenvalue weighted by Crippen LogP contribution is 1.75. The van der Waals surface area contributed by atoms with E-state index in [9.17, 15) is 4.79 Å². The van der Waals surface area contributed by atoms with Crippen LogP contribution in [0.15, 0.2) is 4.99 Å². The molecule has 0 bridgehead atoms. The number of rotatable bonds is 3. The largest absolute Gasteiger partial charge is 0.333 e. The van der Waals surface area contributed by atoms with E-state index >= 15 is 0 Å². The van der Waals surface area contributed by atoms with Crippen LogP contribution in [-0.4, -0.2) is 42.7 Å². The minimum Gasteiger partial charge on any atom is -0.333 e. The van der Waals surface area contributed by atoms with E-state index in [0.717, 1.165) is 17.8 Å². The van der Waals surface area contributed by atoms with Crippen molar-refractivity contribution in [2.75, 3.05) is 14.1 Å². The molecule has 0 spiro atoms. The topological polar surface area (TPSA) is 127 Å². The van der Waals surface area contributed by atoms with E-state index in [0.29, 0.717) is 5.71 Å². The monoisotopic (exact) mass is 375 g/mol. The third-order valence-corrected chi connectivity index (χ3v) is 1.94. The predicted octanol–water partition coefficient (Wildman–Crippen LogP) is 5.82. The molecule has 0 aromatic carbocycles. The van der Waals surface area contributed by atoms with Gasteiger partial charge in [-0.3, -0.25) is 9.79 Å². The molecule has 0 aromatic rings. The minimum atomic E-state index is -0.157. The van der Waals surface area contributed by atoms with Crippen LogP contribution in [0.25, 0.3) is 0 Å². The normalized spacial score (nSPS) is 7.27. The zero-order valence-electron chi connectivity index (χ0n) is 20.1. The van der Waals surface area contributed by atoms with E-state index in [1.807, 2.05) is 55.4 Å². The second-order valence-electron chi connectivity index (χ2n) is 3.75. The molecule has 0 rings (SSSR count). The van der Waals surface area contributed by atoms with Crippen LogP contribution in [0, 0.1) is 16.2 Å². The number of carbonyl (C=O) groups is 1. The molecule has 0 aliphatic carbocycles. The molecule has 0 atom stereocenters. The van der Waals surface area contributed by atoms with Crippen LogP contribution in [0.3, 0.4) is 0 Å². The molecule has 0 fully saturated rings. The maximum absolute atomic E-state index is 9.92. The Bertz CT molecular complexity index is 323. The Morgan fingerprint density at radius 1 is 0.769 bits per heavy atom. The lowest BCUT2D eigenvalue weighted by Gasteiger charge is -1.88. The summed E-state index contributed by atoms with van der Waals surface area (Å²) in [4.78, 5) is 13.7. The van der Waals surface area contributed by atoms with Crippen LogP contribution in [0.1, 0.15) is 89.5 Å². The lowest BCUT2D eigenvalue weighted by molar-refractivity contribution is -0.111. The van der Waals surface area contributed by atoms with Gasteiger partial charge in [0, 0.05) is 25.4 Å². The standard InChI is InChI=1S/C5H10N2.C4H7NO.C4H9N.3C2H6.CH5N/c1-4(6)5(2)7-3;1-3(5)4(2)6;1-3-4(2)5;4*1-2/h6H,1-3H3;5H,1-2H3;5H,3H2,1-2H3;3*1-2H3;2H2,1H3. The molecule has 6 heteroatoms. The Balaban J connectivity index is -0.0000000351. The highest BCUT2D eigenvalue weighted by atomic mass is 16.1. The lowest BCUT2D eigenvalue weighted by atomic mass is 10.3. The second kappa shape index (κ2) is 49.5. The number of nitrogens with zero attached hydrogens (tertiary/aromatic N) is 1. The van der Waals surface area contributed by atoms with Crippen LogP contribution in [0.4, 0.5) is 0 Å². The molecular weight excluding hydrogens is 326 g/mol. The summed E-state index contributed by atoms with van der Waals surface area (Å²) >= 11 is 0. The molecule has 0 amide bonds. The molecule has 0 saturated heterocycles. The fourth-order valence-corrected chi connectivity index (χ4v) is 0.168. The van der Waals surface area contributed by atoms with Gasteiger partial charge in [-0.05, 0) is 41.2 Å². The van der Waals surface area contributed by atoms with Crippen LogP contribution >= 0.6 is 0 Å². The third-order valence-electron chi connectivity index (χ3n) is 1.94. The molecule has 26 heavy (non-hydrogen) atoms. The van der Waals surface area contributed by atoms with E-state index < -0.39 is 0 Å². The highest BCUT2D eigenvalue weighted by molar-refractivity contribution is 6.39. The van der Waals surface area contributed by atoms with E-state index in [1.165, 1.54) is 20.9 Å². The second-order valence-corrected chi connectivity index (χ2v) is 3.75. The van der Waals surface area contributed by atoms with Gasteiger partial charge in [-0.15, -0.1) is 0 Å². The minimum absolute atomic E-state index is 0.120. The van der Waals surface area contributed by atoms with Gasteiger partial charge in [0.2, 0.25) is 0 Å². The van der Waals surface area contributed by atoms with Crippen LogP contribution in [-0.2, 0) is 4.79 Å². The maximum atomic E-state index is 9.92. The number of ketones is 1. The van der Waals surface area contributed by atoms with E-state index in [-0.39, 0.29) is 11.5 Å². The SMILES string of the molecule is CC.CC.CC.CC(=N)C(C)=O.CCC(C)=N.CN.CN=C(C)C(C)=N. The third kappa shape index (κ3) is 95.3. The molecule has 0 aromatic heterocycles. The van der Waals surface area contributed by atoms with Gasteiger partial charge in [0.25, 0.3) is 0 Å². The summed E-state index contributed by atoms with van der Waals surface area (Å²) in [5.41, 5.74) is 6.72. The van der Waals surface area contributed by atoms with Crippen LogP contribution < -0.4 is 5.73 Å². The Labute approximate surface area is 164 Å². The first-order valence-electron chi connectivity index (χ1n) is 9.26. The molecule has 0 aliphatic heterocycles. The number of aliphatic imine (C=N–C) groups is 1. The summed E-state index contributed by atoms with van der Waals surface area (Å²) < 4.78 is 0. The van der Waals surface area contributed by atoms with Crippen LogP contribution in [0.2, 0.25) is 0 Å².